The van der Waals surface area contributed by atoms with Crippen LogP contribution in [0.5, 0.6) is 5.88 Å². The number of hydrogen-bond acceptors (Lipinski definition) is 4. The van der Waals surface area contributed by atoms with Gasteiger partial charge in [0, 0.05) is 16.7 Å². The summed E-state index contributed by atoms with van der Waals surface area (Å²) in [6.07, 6.45) is 3.57. The fourth-order valence-corrected chi connectivity index (χ4v) is 4.49. The van der Waals surface area contributed by atoms with Gasteiger partial charge in [0.25, 0.3) is 11.6 Å². The Kier molecular flexibility index (Phi) is 5.32. The molecule has 4 aromatic rings. The second-order valence-corrected chi connectivity index (χ2v) is 8.82. The van der Waals surface area contributed by atoms with Crippen LogP contribution in [-0.4, -0.2) is 21.6 Å². The Labute approximate surface area is 203 Å². The standard InChI is InChI=1S/C28H24N4O3/c1-17-10-12-21(13-11-17)31-26(33)24(25(28(31)35)30-15-18(2)14-19(3)16-30)23-20(4)29-32(27(23)34)22-8-6-5-7-9-22/h5-16H,1-4H3. The third-order valence-corrected chi connectivity index (χ3v) is 6.02. The number of carbonyl (C=O) groups is 2. The van der Waals surface area contributed by atoms with Crippen molar-refractivity contribution >= 4 is 28.8 Å². The number of imide groups is 1. The van der Waals surface area contributed by atoms with Gasteiger partial charge in [-0.15, -0.1) is 0 Å². The van der Waals surface area contributed by atoms with Crippen molar-refractivity contribution < 1.29 is 19.3 Å². The van der Waals surface area contributed by atoms with Gasteiger partial charge in [0.15, 0.2) is 12.4 Å². The summed E-state index contributed by atoms with van der Waals surface area (Å²) in [5, 5.41) is 18.0. The topological polar surface area (TPSA) is 82.1 Å². The Morgan fingerprint density at radius 3 is 2.03 bits per heavy atom. The summed E-state index contributed by atoms with van der Waals surface area (Å²) in [7, 11) is 0. The minimum Gasteiger partial charge on any atom is -0.858 e. The number of aryl methyl sites for hydroxylation is 4. The molecule has 5 rings (SSSR count). The van der Waals surface area contributed by atoms with Crippen molar-refractivity contribution in [3.8, 4) is 11.6 Å². The van der Waals surface area contributed by atoms with E-state index in [0.29, 0.717) is 17.1 Å². The van der Waals surface area contributed by atoms with E-state index in [1.54, 1.807) is 48.1 Å². The van der Waals surface area contributed by atoms with E-state index in [0.717, 1.165) is 21.6 Å². The van der Waals surface area contributed by atoms with Crippen LogP contribution in [0.25, 0.3) is 17.0 Å². The quantitative estimate of drug-likeness (QED) is 0.342. The molecule has 0 fully saturated rings. The molecule has 0 radical (unpaired) electrons. The van der Waals surface area contributed by atoms with Crippen molar-refractivity contribution in [1.82, 2.24) is 9.78 Å². The van der Waals surface area contributed by atoms with Gasteiger partial charge in [0.05, 0.1) is 17.1 Å². The number of benzene rings is 2. The summed E-state index contributed by atoms with van der Waals surface area (Å²) < 4.78 is 2.92. The molecule has 0 saturated heterocycles. The van der Waals surface area contributed by atoms with Crippen LogP contribution < -0.4 is 14.6 Å². The molecule has 3 heterocycles. The average Bonchev–Trinajstić information content (AvgIpc) is 3.25. The molecule has 2 aromatic heterocycles. The maximum atomic E-state index is 13.9. The van der Waals surface area contributed by atoms with Crippen molar-refractivity contribution in [2.45, 2.75) is 27.7 Å². The van der Waals surface area contributed by atoms with E-state index < -0.39 is 17.7 Å². The summed E-state index contributed by atoms with van der Waals surface area (Å²) in [5.41, 5.74) is 4.57. The summed E-state index contributed by atoms with van der Waals surface area (Å²) in [6, 6.07) is 18.1. The zero-order valence-electron chi connectivity index (χ0n) is 19.9. The minimum atomic E-state index is -0.548. The predicted molar refractivity (Wildman–Crippen MR) is 131 cm³/mol. The van der Waals surface area contributed by atoms with Crippen LogP contribution in [0.2, 0.25) is 0 Å². The third-order valence-electron chi connectivity index (χ3n) is 6.02. The Hall–Kier alpha value is -4.52. The molecule has 1 aliphatic heterocycles. The Balaban J connectivity index is 1.77. The van der Waals surface area contributed by atoms with Crippen molar-refractivity contribution in [1.29, 1.82) is 0 Å². The monoisotopic (exact) mass is 464 g/mol. The number of aromatic nitrogens is 3. The van der Waals surface area contributed by atoms with Crippen LogP contribution in [0, 0.1) is 27.7 Å². The molecular formula is C28H24N4O3. The van der Waals surface area contributed by atoms with E-state index in [2.05, 4.69) is 5.10 Å². The van der Waals surface area contributed by atoms with Gasteiger partial charge < -0.3 is 5.11 Å². The Bertz CT molecular complexity index is 1500. The zero-order valence-corrected chi connectivity index (χ0v) is 19.9. The Morgan fingerprint density at radius 2 is 1.40 bits per heavy atom. The van der Waals surface area contributed by atoms with Crippen LogP contribution in [-0.2, 0) is 9.59 Å². The fraction of sp³-hybridized carbons (Fsp3) is 0.143. The lowest BCUT2D eigenvalue weighted by Crippen LogP contribution is -2.40. The van der Waals surface area contributed by atoms with E-state index in [-0.39, 0.29) is 16.8 Å². The van der Waals surface area contributed by atoms with Crippen LogP contribution >= 0.6 is 0 Å². The summed E-state index contributed by atoms with van der Waals surface area (Å²) in [5.74, 6) is -1.48. The van der Waals surface area contributed by atoms with Crippen LogP contribution in [0.1, 0.15) is 27.9 Å². The van der Waals surface area contributed by atoms with Crippen LogP contribution in [0.15, 0.2) is 73.1 Å². The smallest absolute Gasteiger partial charge is 0.331 e. The lowest BCUT2D eigenvalue weighted by molar-refractivity contribution is -0.577. The van der Waals surface area contributed by atoms with Crippen molar-refractivity contribution in [2.24, 2.45) is 0 Å². The summed E-state index contributed by atoms with van der Waals surface area (Å²) in [4.78, 5) is 28.8. The molecule has 0 saturated carbocycles. The number of nitrogens with zero attached hydrogens (tertiary/aromatic N) is 4. The van der Waals surface area contributed by atoms with Gasteiger partial charge in [0.1, 0.15) is 5.57 Å². The minimum absolute atomic E-state index is 0.0512. The number of rotatable bonds is 4. The van der Waals surface area contributed by atoms with E-state index in [1.165, 1.54) is 4.68 Å². The zero-order chi connectivity index (χ0) is 24.9. The Morgan fingerprint density at radius 1 is 0.771 bits per heavy atom. The van der Waals surface area contributed by atoms with Crippen LogP contribution in [0.3, 0.4) is 0 Å². The van der Waals surface area contributed by atoms with Crippen molar-refractivity contribution in [3.63, 3.8) is 0 Å². The molecule has 0 unspecified atom stereocenters. The number of pyridine rings is 1. The molecule has 2 amide bonds. The number of anilines is 1. The third kappa shape index (κ3) is 3.71. The molecule has 35 heavy (non-hydrogen) atoms. The first kappa shape index (κ1) is 22.3. The first-order chi connectivity index (χ1) is 16.8. The van der Waals surface area contributed by atoms with Gasteiger partial charge >= 0.3 is 5.91 Å². The van der Waals surface area contributed by atoms with Gasteiger partial charge in [-0.1, -0.05) is 35.9 Å². The lowest BCUT2D eigenvalue weighted by Gasteiger charge is -2.15. The van der Waals surface area contributed by atoms with Gasteiger partial charge in [0.2, 0.25) is 0 Å². The van der Waals surface area contributed by atoms with Crippen molar-refractivity contribution in [3.05, 3.63) is 101 Å². The summed E-state index contributed by atoms with van der Waals surface area (Å²) in [6.45, 7) is 7.45. The molecule has 0 spiro atoms. The van der Waals surface area contributed by atoms with Gasteiger partial charge in [-0.3, -0.25) is 9.59 Å². The second kappa shape index (κ2) is 8.36. The van der Waals surface area contributed by atoms with Gasteiger partial charge in [-0.2, -0.15) is 9.67 Å². The molecule has 174 valence electrons. The summed E-state index contributed by atoms with van der Waals surface area (Å²) >= 11 is 0. The second-order valence-electron chi connectivity index (χ2n) is 8.82. The first-order valence-electron chi connectivity index (χ1n) is 11.3. The maximum absolute atomic E-state index is 13.9. The number of para-hydroxylation sites is 1. The van der Waals surface area contributed by atoms with E-state index in [4.69, 9.17) is 0 Å². The molecule has 2 aromatic carbocycles. The van der Waals surface area contributed by atoms with E-state index in [9.17, 15) is 14.7 Å². The largest absolute Gasteiger partial charge is 0.858 e. The normalized spacial score (nSPS) is 13.8. The number of carbonyl (C=O) groups excluding carboxylic acids is 2. The van der Waals surface area contributed by atoms with E-state index >= 15 is 0 Å². The highest BCUT2D eigenvalue weighted by atomic mass is 16.3. The number of hydrogen-bond donors (Lipinski definition) is 0. The van der Waals surface area contributed by atoms with Gasteiger partial charge in [-0.05, 0) is 63.9 Å². The highest BCUT2D eigenvalue weighted by Gasteiger charge is 2.47. The SMILES string of the molecule is Cc1ccc(N2C(=O)C(c3c(C)nn(-c4ccccc4)c3[O-])=C([n+]3cc(C)cc(C)c3)C2=O)cc1. The molecule has 1 aliphatic rings. The molecule has 0 atom stereocenters. The lowest BCUT2D eigenvalue weighted by atomic mass is 10.0. The van der Waals surface area contributed by atoms with E-state index in [1.807, 2.05) is 57.2 Å². The molecule has 0 N–H and O–H groups in total. The highest BCUT2D eigenvalue weighted by Crippen LogP contribution is 2.38. The molecule has 0 aliphatic carbocycles. The fourth-order valence-electron chi connectivity index (χ4n) is 4.49. The predicted octanol–water partition coefficient (Wildman–Crippen LogP) is 3.41. The molecular weight excluding hydrogens is 440 g/mol. The highest BCUT2D eigenvalue weighted by molar-refractivity contribution is 6.53. The van der Waals surface area contributed by atoms with Gasteiger partial charge in [-0.25, -0.2) is 9.58 Å². The van der Waals surface area contributed by atoms with Crippen molar-refractivity contribution in [2.75, 3.05) is 4.90 Å². The maximum Gasteiger partial charge on any atom is 0.331 e. The molecule has 0 bridgehead atoms. The average molecular weight is 465 g/mol. The molecule has 7 nitrogen and oxygen atoms in total. The molecule has 7 heteroatoms. The number of amides is 2. The van der Waals surface area contributed by atoms with Crippen LogP contribution in [0.4, 0.5) is 5.69 Å². The first-order valence-corrected chi connectivity index (χ1v) is 11.3.